The molecule has 0 amide bonds. The van der Waals surface area contributed by atoms with E-state index in [2.05, 4.69) is 54.4 Å². The molecule has 0 radical (unpaired) electrons. The van der Waals surface area contributed by atoms with E-state index in [-0.39, 0.29) is 92.9 Å². The Labute approximate surface area is 639 Å². The molecule has 20 rings (SSSR count). The molecule has 6 heterocycles. The van der Waals surface area contributed by atoms with Gasteiger partial charge < -0.3 is 19.2 Å². The van der Waals surface area contributed by atoms with E-state index in [9.17, 15) is 10.0 Å². The third kappa shape index (κ3) is 11.8. The predicted molar refractivity (Wildman–Crippen MR) is 433 cm³/mol. The number of halogens is 1. The molecule has 0 fully saturated rings. The number of hydrogen-bond donors (Lipinski definition) is 2. The summed E-state index contributed by atoms with van der Waals surface area (Å²) < 4.78 is 173. The first-order valence-corrected chi connectivity index (χ1v) is 34.5. The van der Waals surface area contributed by atoms with Gasteiger partial charge in [0.2, 0.25) is 5.28 Å². The van der Waals surface area contributed by atoms with Crippen LogP contribution in [0.4, 0.5) is 0 Å². The smallest absolute Gasteiger partial charge is 0.423 e. The van der Waals surface area contributed by atoms with Crippen LogP contribution in [0.25, 0.3) is 175 Å². The Balaban J connectivity index is 0.000000140. The summed E-state index contributed by atoms with van der Waals surface area (Å²) in [5, 5.41) is 28.3. The molecular weight excluding hydrogens is 1340 g/mol. The molecule has 14 heteroatoms. The molecule has 0 bridgehead atoms. The molecule has 0 saturated heterocycles. The maximum absolute atomic E-state index is 10.5. The van der Waals surface area contributed by atoms with Crippen molar-refractivity contribution in [3.63, 3.8) is 0 Å². The van der Waals surface area contributed by atoms with Crippen molar-refractivity contribution in [2.75, 3.05) is 0 Å². The van der Waals surface area contributed by atoms with Gasteiger partial charge in [-0.05, 0) is 82.4 Å². The van der Waals surface area contributed by atoms with E-state index in [4.69, 9.17) is 54.0 Å². The fourth-order valence-corrected chi connectivity index (χ4v) is 16.0. The lowest BCUT2D eigenvalue weighted by atomic mass is 9.79. The summed E-state index contributed by atoms with van der Waals surface area (Å²) in [6, 6.07) is 60.9. The molecule has 0 spiro atoms. The quantitative estimate of drug-likeness (QED) is 0.130. The normalized spacial score (nSPS) is 14.1. The summed E-state index contributed by atoms with van der Waals surface area (Å²) in [5.41, 5.74) is 8.47. The van der Waals surface area contributed by atoms with E-state index in [1.807, 2.05) is 140 Å². The third-order valence-electron chi connectivity index (χ3n) is 17.7. The highest BCUT2D eigenvalue weighted by atomic mass is 35.5. The average Bonchev–Trinajstić information content (AvgIpc) is 1.56. The zero-order valence-electron chi connectivity index (χ0n) is 74.0. The van der Waals surface area contributed by atoms with Crippen molar-refractivity contribution in [2.45, 2.75) is 0 Å². The van der Waals surface area contributed by atoms with Gasteiger partial charge in [-0.2, -0.15) is 9.97 Å². The van der Waals surface area contributed by atoms with Crippen molar-refractivity contribution in [3.8, 4) is 90.6 Å². The fraction of sp³-hybridized carbons (Fsp3) is 0. The lowest BCUT2D eigenvalue weighted by Gasteiger charge is -2.13. The summed E-state index contributed by atoms with van der Waals surface area (Å²) >= 11 is 8.63. The van der Waals surface area contributed by atoms with Gasteiger partial charge in [-0.3, -0.25) is 0 Å². The molecule has 0 aliphatic rings. The Morgan fingerprint density at radius 1 is 0.288 bits per heavy atom. The van der Waals surface area contributed by atoms with Crippen LogP contribution in [0.1, 0.15) is 27.4 Å². The second-order valence-corrected chi connectivity index (χ2v) is 26.1. The van der Waals surface area contributed by atoms with Crippen molar-refractivity contribution in [2.24, 2.45) is 0 Å². The van der Waals surface area contributed by atoms with E-state index in [0.717, 1.165) is 76.5 Å². The number of para-hydroxylation sites is 4. The molecule has 14 aromatic carbocycles. The van der Waals surface area contributed by atoms with Crippen LogP contribution in [0.5, 0.6) is 0 Å². The van der Waals surface area contributed by atoms with E-state index in [1.54, 1.807) is 48.5 Å². The first-order chi connectivity index (χ1) is 59.6. The maximum Gasteiger partial charge on any atom is 0.489 e. The summed E-state index contributed by atoms with van der Waals surface area (Å²) in [6.07, 6.45) is 0. The van der Waals surface area contributed by atoms with Gasteiger partial charge >= 0.3 is 7.12 Å². The van der Waals surface area contributed by atoms with Gasteiger partial charge in [0.05, 0.1) is 49.5 Å². The van der Waals surface area contributed by atoms with Gasteiger partial charge in [-0.15, -0.1) is 22.7 Å². The van der Waals surface area contributed by atoms with Crippen molar-refractivity contribution in [1.82, 2.24) is 39.0 Å². The highest BCUT2D eigenvalue weighted by molar-refractivity contribution is 7.27. The van der Waals surface area contributed by atoms with Crippen LogP contribution in [-0.2, 0) is 0 Å². The number of benzene rings is 14. The summed E-state index contributed by atoms with van der Waals surface area (Å²) in [4.78, 5) is 26.9. The van der Waals surface area contributed by atoms with Crippen LogP contribution in [-0.4, -0.2) is 56.2 Å². The Morgan fingerprint density at radius 2 is 0.615 bits per heavy atom. The minimum absolute atomic E-state index is 0.0640. The minimum atomic E-state index is -1.74. The molecular formula is C90H58BClN8O2S2. The van der Waals surface area contributed by atoms with Crippen molar-refractivity contribution in [1.29, 1.82) is 0 Å². The topological polar surface area (TPSA) is 128 Å². The van der Waals surface area contributed by atoms with Crippen molar-refractivity contribution < 1.29 is 37.5 Å². The standard InChI is InChI=1S/C45H28N4S.C30H20BNO2S.C15H10ClN3/c1-4-15-29(16-5-1)33-23-14-24-36-37-27-32(49-39-25-12-10-21-34(39)35-22-11-13-26-40(35)49)28-38(42(37)50-41(33)36)45-47-43(30-17-6-2-7-18-30)46-44(48-45)31-19-8-3-9-20-31;33-31(34)26-18-20(32-27-15-6-4-11-22(27)23-12-5-7-16-28(23)32)17-25-24-14-8-13-21(29(24)35-30(25)26)19-9-2-1-3-10-19;16-15-18-13(11-7-3-1-4-8-11)17-14(19-15)12-9-5-2-6-10-12/h1-28H;1-18,33-34H;1-10H/i1D,2D,4D,5D,6D,7D,15D,16D,17D,18D;1D,2D,3D,9D,10D;1D,3D,4D,7D,8D. The molecule has 492 valence electrons. The second kappa shape index (κ2) is 27.4. The largest absolute Gasteiger partial charge is 0.489 e. The van der Waals surface area contributed by atoms with Gasteiger partial charge in [0.1, 0.15) is 0 Å². The van der Waals surface area contributed by atoms with Crippen LogP contribution >= 0.6 is 34.3 Å². The highest BCUT2D eigenvalue weighted by Gasteiger charge is 2.25. The molecule has 2 N–H and O–H groups in total. The predicted octanol–water partition coefficient (Wildman–Crippen LogP) is 22.4. The lowest BCUT2D eigenvalue weighted by Crippen LogP contribution is -2.30. The van der Waals surface area contributed by atoms with E-state index >= 15 is 0 Å². The van der Waals surface area contributed by atoms with E-state index in [1.165, 1.54) is 22.7 Å². The van der Waals surface area contributed by atoms with Crippen molar-refractivity contribution in [3.05, 3.63) is 345 Å². The maximum atomic E-state index is 10.5. The first kappa shape index (κ1) is 45.3. The van der Waals surface area contributed by atoms with Crippen LogP contribution in [0, 0.1) is 0 Å². The lowest BCUT2D eigenvalue weighted by molar-refractivity contribution is 0.426. The van der Waals surface area contributed by atoms with Crippen molar-refractivity contribution >= 4 is 131 Å². The van der Waals surface area contributed by atoms with Gasteiger partial charge in [0.15, 0.2) is 29.1 Å². The number of fused-ring (bicyclic) bond motifs is 12. The minimum Gasteiger partial charge on any atom is -0.423 e. The summed E-state index contributed by atoms with van der Waals surface area (Å²) in [6.45, 7) is 0. The van der Waals surface area contributed by atoms with Crippen LogP contribution in [0.15, 0.2) is 339 Å². The number of thiophene rings is 2. The molecule has 104 heavy (non-hydrogen) atoms. The first-order valence-electron chi connectivity index (χ1n) is 42.5. The Bertz CT molecular complexity index is 7700. The van der Waals surface area contributed by atoms with E-state index < -0.39 is 91.7 Å². The van der Waals surface area contributed by atoms with Gasteiger partial charge in [-0.1, -0.05) is 291 Å². The molecule has 20 aromatic rings. The van der Waals surface area contributed by atoms with Gasteiger partial charge in [0, 0.05) is 107 Å². The number of hydrogen-bond acceptors (Lipinski definition) is 10. The summed E-state index contributed by atoms with van der Waals surface area (Å²) in [7, 11) is -1.74. The zero-order chi connectivity index (χ0) is 87.0. The van der Waals surface area contributed by atoms with Crippen LogP contribution in [0.3, 0.4) is 0 Å². The molecule has 0 atom stereocenters. The Kier molecular flexibility index (Phi) is 11.9. The van der Waals surface area contributed by atoms with Crippen LogP contribution < -0.4 is 5.46 Å². The molecule has 0 aliphatic heterocycles. The number of aromatic nitrogens is 8. The molecule has 0 saturated carbocycles. The Hall–Kier alpha value is -12.6. The fourth-order valence-electron chi connectivity index (χ4n) is 13.2. The number of nitrogens with zero attached hydrogens (tertiary/aromatic N) is 8. The average molecular weight is 1410 g/mol. The molecule has 0 aliphatic carbocycles. The second-order valence-electron chi connectivity index (χ2n) is 23.8. The molecule has 6 aromatic heterocycles. The SMILES string of the molecule is [2H]c1c([2H])c([2H])c(-c2cccc3c2sc2c(B(O)O)cc(-n4c5ccccc5c5ccccc54)cc23)c([2H])c1[2H].[2H]c1c([2H])c([2H])c(-c2nc(-c3ccccc3)nc(-c3cc(-n4c5ccccc5c5ccccc54)cc4c3sc3c(-c5c([2H])c([2H])c([2H])c([2H])c5[2H])cccc34)n2)c([2H])c1[2H].[2H]c1c([2H])c([2H])c(-c2nc(Cl)nc(-c3ccccc3)n2)c([2H])c1[2H]. The third-order valence-corrected chi connectivity index (χ3v) is 20.4. The monoisotopic (exact) mass is 1410 g/mol. The molecule has 10 nitrogen and oxygen atoms in total. The number of rotatable bonds is 10. The highest BCUT2D eigenvalue weighted by Crippen LogP contribution is 2.47. The van der Waals surface area contributed by atoms with Crippen LogP contribution in [0.2, 0.25) is 5.28 Å². The zero-order valence-corrected chi connectivity index (χ0v) is 56.4. The van der Waals surface area contributed by atoms with E-state index in [0.29, 0.717) is 52.1 Å². The van der Waals surface area contributed by atoms with Gasteiger partial charge in [0.25, 0.3) is 0 Å². The Morgan fingerprint density at radius 3 is 1.05 bits per heavy atom. The van der Waals surface area contributed by atoms with Gasteiger partial charge in [-0.25, -0.2) is 19.9 Å². The summed E-state index contributed by atoms with van der Waals surface area (Å²) in [5.74, 6) is 0.489. The molecule has 0 unspecified atom stereocenters.